The molecule has 4 aromatic carbocycles. The Morgan fingerprint density at radius 2 is 1.65 bits per heavy atom. The van der Waals surface area contributed by atoms with Crippen LogP contribution in [-0.2, 0) is 19.5 Å². The minimum absolute atomic E-state index is 0.0105. The van der Waals surface area contributed by atoms with E-state index in [0.717, 1.165) is 11.1 Å². The van der Waals surface area contributed by atoms with Crippen LogP contribution in [0.4, 0.5) is 11.4 Å². The maximum atomic E-state index is 14.1. The number of nitrogens with one attached hydrogen (secondary N) is 1. The quantitative estimate of drug-likeness (QED) is 0.115. The van der Waals surface area contributed by atoms with E-state index in [4.69, 9.17) is 20.9 Å². The van der Waals surface area contributed by atoms with E-state index in [0.29, 0.717) is 69.2 Å². The molecule has 1 aliphatic heterocycles. The molecule has 268 valence electrons. The fraction of sp³-hybridized carbons (Fsp3) is 0.308. The van der Waals surface area contributed by atoms with Crippen LogP contribution in [0.2, 0.25) is 5.02 Å². The number of aryl methyl sites for hydroxylation is 4. The largest absolute Gasteiger partial charge is 0.524 e. The zero-order chi connectivity index (χ0) is 37.2. The lowest BCUT2D eigenvalue weighted by Crippen LogP contribution is -2.32. The maximum absolute atomic E-state index is 14.1. The Labute approximate surface area is 303 Å². The number of carbonyl (C=O) groups is 3. The van der Waals surface area contributed by atoms with Gasteiger partial charge in [0.25, 0.3) is 11.8 Å². The molecule has 3 N–H and O–H groups in total. The highest BCUT2D eigenvalue weighted by atomic mass is 35.5. The van der Waals surface area contributed by atoms with Crippen LogP contribution in [0.15, 0.2) is 72.8 Å². The van der Waals surface area contributed by atoms with Crippen molar-refractivity contribution in [1.29, 1.82) is 0 Å². The minimum atomic E-state index is -4.87. The van der Waals surface area contributed by atoms with Crippen LogP contribution in [0.5, 0.6) is 5.75 Å². The van der Waals surface area contributed by atoms with Crippen molar-refractivity contribution in [2.45, 2.75) is 72.3 Å². The minimum Gasteiger partial charge on any atom is -0.457 e. The summed E-state index contributed by atoms with van der Waals surface area (Å²) in [7, 11) is -4.87. The molecule has 5 rings (SSSR count). The van der Waals surface area contributed by atoms with Gasteiger partial charge in [0.15, 0.2) is 0 Å². The lowest BCUT2D eigenvalue weighted by molar-refractivity contribution is -0.151. The van der Waals surface area contributed by atoms with Gasteiger partial charge in [0.05, 0.1) is 12.1 Å². The number of hydrogen-bond acceptors (Lipinski definition) is 6. The Balaban J connectivity index is 1.37. The van der Waals surface area contributed by atoms with Crippen molar-refractivity contribution in [3.8, 4) is 5.75 Å². The van der Waals surface area contributed by atoms with Crippen LogP contribution < -0.4 is 14.7 Å². The first-order valence-electron chi connectivity index (χ1n) is 16.6. The molecule has 4 aromatic rings. The third-order valence-electron chi connectivity index (χ3n) is 9.02. The van der Waals surface area contributed by atoms with Crippen LogP contribution in [0.25, 0.3) is 0 Å². The predicted octanol–water partition coefficient (Wildman–Crippen LogP) is 8.69. The smallest absolute Gasteiger partial charge is 0.457 e. The molecule has 0 saturated heterocycles. The molecular weight excluding hydrogens is 691 g/mol. The van der Waals surface area contributed by atoms with Crippen molar-refractivity contribution in [1.82, 2.24) is 0 Å². The van der Waals surface area contributed by atoms with Crippen LogP contribution >= 0.6 is 19.4 Å². The Morgan fingerprint density at radius 1 is 0.922 bits per heavy atom. The molecule has 1 atom stereocenters. The van der Waals surface area contributed by atoms with Gasteiger partial charge in [-0.25, -0.2) is 4.57 Å². The van der Waals surface area contributed by atoms with Gasteiger partial charge < -0.3 is 19.5 Å². The van der Waals surface area contributed by atoms with E-state index in [-0.39, 0.29) is 24.0 Å². The second-order valence-electron chi connectivity index (χ2n) is 13.7. The number of ether oxygens (including phenoxy) is 1. The Hall–Kier alpha value is -4.47. The van der Waals surface area contributed by atoms with E-state index in [2.05, 4.69) is 5.32 Å². The first kappa shape index (κ1) is 37.8. The summed E-state index contributed by atoms with van der Waals surface area (Å²) in [5.74, 6) is -1.00. The standard InChI is InChI=1S/C39H42ClN2O8P/c1-23-18-26(4)36(34(19-23)50-51(46,47)48)39(5,6)22-35(43)49-33-12-9-17-42(32-16-13-27(40)21-31(32)33)38(45)30-15-14-28(20-25(30)3)41-37(44)29-11-8-7-10-24(29)2/h7-8,10-11,13-16,18-21,33H,9,12,17,22H2,1-6H3,(H,41,44)(H2,46,47,48). The Morgan fingerprint density at radius 3 is 2.33 bits per heavy atom. The number of rotatable bonds is 9. The number of amides is 2. The predicted molar refractivity (Wildman–Crippen MR) is 198 cm³/mol. The Kier molecular flexibility index (Phi) is 11.1. The van der Waals surface area contributed by atoms with Crippen molar-refractivity contribution < 1.29 is 38.0 Å². The van der Waals surface area contributed by atoms with Gasteiger partial charge in [-0.2, -0.15) is 0 Å². The van der Waals surface area contributed by atoms with Gasteiger partial charge in [0, 0.05) is 44.9 Å². The number of esters is 1. The number of benzene rings is 4. The molecule has 0 bridgehead atoms. The van der Waals surface area contributed by atoms with Crippen molar-refractivity contribution in [3.63, 3.8) is 0 Å². The molecule has 51 heavy (non-hydrogen) atoms. The number of nitrogens with zero attached hydrogens (tertiary/aromatic N) is 1. The van der Waals surface area contributed by atoms with Crippen molar-refractivity contribution in [2.75, 3.05) is 16.8 Å². The second kappa shape index (κ2) is 15.0. The number of hydrogen-bond donors (Lipinski definition) is 3. The lowest BCUT2D eigenvalue weighted by Gasteiger charge is -2.30. The molecule has 0 spiro atoms. The summed E-state index contributed by atoms with van der Waals surface area (Å²) in [6.45, 7) is 11.2. The molecule has 0 saturated carbocycles. The van der Waals surface area contributed by atoms with E-state index < -0.39 is 25.3 Å². The maximum Gasteiger partial charge on any atom is 0.524 e. The van der Waals surface area contributed by atoms with Gasteiger partial charge >= 0.3 is 13.8 Å². The summed E-state index contributed by atoms with van der Waals surface area (Å²) in [6.07, 6.45) is 0.141. The SMILES string of the molecule is Cc1cc(C)c(C(C)(C)CC(=O)OC2CCCN(C(=O)c3ccc(NC(=O)c4ccccc4C)cc3C)c3ccc(Cl)cc32)c(OP(=O)(O)O)c1. The first-order chi connectivity index (χ1) is 23.9. The summed E-state index contributed by atoms with van der Waals surface area (Å²) in [5, 5.41) is 3.34. The third kappa shape index (κ3) is 8.89. The molecule has 0 radical (unpaired) electrons. The topological polar surface area (TPSA) is 142 Å². The molecule has 12 heteroatoms. The van der Waals surface area contributed by atoms with Gasteiger partial charge in [-0.15, -0.1) is 0 Å². The fourth-order valence-electron chi connectivity index (χ4n) is 6.87. The molecule has 1 aliphatic rings. The zero-order valence-electron chi connectivity index (χ0n) is 29.5. The first-order valence-corrected chi connectivity index (χ1v) is 18.5. The van der Waals surface area contributed by atoms with Crippen LogP contribution in [0.3, 0.4) is 0 Å². The highest BCUT2D eigenvalue weighted by Gasteiger charge is 2.35. The van der Waals surface area contributed by atoms with Gasteiger partial charge in [-0.1, -0.05) is 49.7 Å². The van der Waals surface area contributed by atoms with E-state index in [9.17, 15) is 28.7 Å². The monoisotopic (exact) mass is 732 g/mol. The lowest BCUT2D eigenvalue weighted by atomic mass is 9.78. The molecule has 0 aliphatic carbocycles. The van der Waals surface area contributed by atoms with Crippen LogP contribution in [0.1, 0.15) is 93.3 Å². The third-order valence-corrected chi connectivity index (χ3v) is 9.69. The highest BCUT2D eigenvalue weighted by Crippen LogP contribution is 2.46. The molecular formula is C39H42ClN2O8P. The molecule has 2 amide bonds. The normalized spacial score (nSPS) is 14.7. The number of phosphoric ester groups is 1. The van der Waals surface area contributed by atoms with E-state index in [1.165, 1.54) is 0 Å². The second-order valence-corrected chi connectivity index (χ2v) is 15.3. The van der Waals surface area contributed by atoms with E-state index in [1.54, 1.807) is 81.1 Å². The van der Waals surface area contributed by atoms with Crippen molar-refractivity contribution >= 4 is 48.6 Å². The number of anilines is 2. The summed E-state index contributed by atoms with van der Waals surface area (Å²) < 4.78 is 22.9. The van der Waals surface area contributed by atoms with E-state index in [1.807, 2.05) is 38.1 Å². The fourth-order valence-corrected chi connectivity index (χ4v) is 7.45. The molecule has 1 unspecified atom stereocenters. The van der Waals surface area contributed by atoms with Crippen LogP contribution in [-0.4, -0.2) is 34.1 Å². The summed E-state index contributed by atoms with van der Waals surface area (Å²) in [5.41, 5.74) is 5.33. The zero-order valence-corrected chi connectivity index (χ0v) is 31.1. The number of fused-ring (bicyclic) bond motifs is 1. The van der Waals surface area contributed by atoms with Gasteiger partial charge in [0.2, 0.25) is 0 Å². The van der Waals surface area contributed by atoms with Crippen molar-refractivity contribution in [3.05, 3.63) is 122 Å². The molecule has 1 heterocycles. The number of carbonyl (C=O) groups excluding carboxylic acids is 3. The summed E-state index contributed by atoms with van der Waals surface area (Å²) >= 11 is 6.45. The molecule has 0 aromatic heterocycles. The van der Waals surface area contributed by atoms with Crippen LogP contribution in [0, 0.1) is 27.7 Å². The summed E-state index contributed by atoms with van der Waals surface area (Å²) in [6, 6.07) is 21.0. The van der Waals surface area contributed by atoms with Gasteiger partial charge in [-0.05, 0) is 111 Å². The highest BCUT2D eigenvalue weighted by molar-refractivity contribution is 7.46. The van der Waals surface area contributed by atoms with Gasteiger partial charge in [0.1, 0.15) is 11.9 Å². The number of halogens is 1. The molecule has 10 nitrogen and oxygen atoms in total. The summed E-state index contributed by atoms with van der Waals surface area (Å²) in [4.78, 5) is 61.4. The van der Waals surface area contributed by atoms with E-state index >= 15 is 0 Å². The van der Waals surface area contributed by atoms with Crippen molar-refractivity contribution in [2.24, 2.45) is 0 Å². The molecule has 0 fully saturated rings. The van der Waals surface area contributed by atoms with Gasteiger partial charge in [-0.3, -0.25) is 24.2 Å². The average molecular weight is 733 g/mol. The average Bonchev–Trinajstić information content (AvgIpc) is 3.18. The Bertz CT molecular complexity index is 2060. The number of phosphoric acid groups is 1.